The maximum Gasteiger partial charge on any atom is 0.330 e. The lowest BCUT2D eigenvalue weighted by Crippen LogP contribution is -2.53. The van der Waals surface area contributed by atoms with Crippen molar-refractivity contribution in [1.82, 2.24) is 13.9 Å². The molecule has 0 aromatic heterocycles. The number of nitrogens with one attached hydrogen (secondary N) is 3. The highest BCUT2D eigenvalue weighted by Gasteiger charge is 2.17. The lowest BCUT2D eigenvalue weighted by atomic mass is 10.3. The van der Waals surface area contributed by atoms with Crippen LogP contribution in [-0.4, -0.2) is 51.8 Å². The summed E-state index contributed by atoms with van der Waals surface area (Å²) in [5.41, 5.74) is 0. The summed E-state index contributed by atoms with van der Waals surface area (Å²) >= 11 is 0. The molecule has 16 heavy (non-hydrogen) atoms. The predicted molar refractivity (Wildman–Crippen MR) is 80.2 cm³/mol. The zero-order valence-corrected chi connectivity index (χ0v) is 16.9. The van der Waals surface area contributed by atoms with E-state index in [1.54, 1.807) is 0 Å². The SMILES string of the molecule is C=CC(=O)OC(CC)C[SiH](N[SiH3])N[SiH2]N[SiH3]. The van der Waals surface area contributed by atoms with Gasteiger partial charge in [-0.05, 0) is 6.42 Å². The van der Waals surface area contributed by atoms with Crippen LogP contribution in [0.3, 0.4) is 0 Å². The van der Waals surface area contributed by atoms with Crippen LogP contribution >= 0.6 is 0 Å². The third-order valence-corrected chi connectivity index (χ3v) is 10.3. The van der Waals surface area contributed by atoms with Crippen LogP contribution in [0.2, 0.25) is 6.04 Å². The summed E-state index contributed by atoms with van der Waals surface area (Å²) in [5, 5.41) is 0. The molecule has 0 aromatic rings. The Hall–Kier alpha value is -0.0425. The van der Waals surface area contributed by atoms with Crippen molar-refractivity contribution in [2.24, 2.45) is 0 Å². The molecule has 0 aliphatic heterocycles. The zero-order valence-electron chi connectivity index (χ0n) is 10.4. The molecule has 0 fully saturated rings. The van der Waals surface area contributed by atoms with E-state index >= 15 is 0 Å². The molecule has 0 aliphatic rings. The molecule has 0 aliphatic carbocycles. The zero-order chi connectivity index (χ0) is 12.4. The van der Waals surface area contributed by atoms with Crippen molar-refractivity contribution in [2.75, 3.05) is 0 Å². The number of carbonyl (C=O) groups is 1. The van der Waals surface area contributed by atoms with Crippen LogP contribution in [0.4, 0.5) is 0 Å². The monoisotopic (exact) mass is 293 g/mol. The van der Waals surface area contributed by atoms with E-state index in [-0.39, 0.29) is 21.9 Å². The van der Waals surface area contributed by atoms with E-state index < -0.39 is 9.12 Å². The fourth-order valence-electron chi connectivity index (χ4n) is 1.30. The Labute approximate surface area is 108 Å². The molecular formula is C7H23N3O2Si4. The van der Waals surface area contributed by atoms with Crippen LogP contribution in [0.1, 0.15) is 13.3 Å². The van der Waals surface area contributed by atoms with E-state index in [9.17, 15) is 4.79 Å². The minimum Gasteiger partial charge on any atom is -0.459 e. The second-order valence-electron chi connectivity index (χ2n) is 3.48. The number of ether oxygens (including phenoxy) is 1. The van der Waals surface area contributed by atoms with Crippen LogP contribution in [0.25, 0.3) is 0 Å². The minimum absolute atomic E-state index is 0.0271. The third-order valence-electron chi connectivity index (χ3n) is 2.28. The highest BCUT2D eigenvalue weighted by Crippen LogP contribution is 2.06. The maximum absolute atomic E-state index is 11.1. The van der Waals surface area contributed by atoms with E-state index in [0.717, 1.165) is 33.3 Å². The van der Waals surface area contributed by atoms with E-state index in [1.165, 1.54) is 6.08 Å². The van der Waals surface area contributed by atoms with Crippen LogP contribution in [0, 0.1) is 0 Å². The van der Waals surface area contributed by atoms with Crippen molar-refractivity contribution in [3.05, 3.63) is 12.7 Å². The summed E-state index contributed by atoms with van der Waals surface area (Å²) in [6, 6.07) is 0.954. The van der Waals surface area contributed by atoms with Gasteiger partial charge in [-0.15, -0.1) is 0 Å². The molecule has 0 bridgehead atoms. The summed E-state index contributed by atoms with van der Waals surface area (Å²) in [6.07, 6.45) is 2.12. The average molecular weight is 294 g/mol. The molecule has 94 valence electrons. The van der Waals surface area contributed by atoms with Gasteiger partial charge in [0.05, 0.1) is 20.8 Å². The molecular weight excluding hydrogens is 270 g/mol. The molecule has 2 atom stereocenters. The van der Waals surface area contributed by atoms with Gasteiger partial charge in [0.1, 0.15) is 6.10 Å². The lowest BCUT2D eigenvalue weighted by Gasteiger charge is -2.21. The second-order valence-corrected chi connectivity index (χ2v) is 12.2. The van der Waals surface area contributed by atoms with E-state index in [4.69, 9.17) is 4.74 Å². The van der Waals surface area contributed by atoms with Crippen molar-refractivity contribution in [2.45, 2.75) is 25.5 Å². The fourth-order valence-corrected chi connectivity index (χ4v) is 10.2. The molecule has 0 heterocycles. The molecule has 0 radical (unpaired) electrons. The summed E-state index contributed by atoms with van der Waals surface area (Å²) in [5.74, 6) is -0.314. The Morgan fingerprint density at radius 2 is 2.38 bits per heavy atom. The van der Waals surface area contributed by atoms with Crippen LogP contribution in [-0.2, 0) is 9.53 Å². The molecule has 3 N–H and O–H groups in total. The Kier molecular flexibility index (Phi) is 10.1. The van der Waals surface area contributed by atoms with E-state index in [0.29, 0.717) is 0 Å². The molecule has 5 nitrogen and oxygen atoms in total. The number of hydrogen-bond donors (Lipinski definition) is 3. The largest absolute Gasteiger partial charge is 0.459 e. The predicted octanol–water partition coefficient (Wildman–Crippen LogP) is -3.96. The molecule has 0 aromatic carbocycles. The highest BCUT2D eigenvalue weighted by atomic mass is 28.4. The van der Waals surface area contributed by atoms with Crippen molar-refractivity contribution in [1.29, 1.82) is 0 Å². The van der Waals surface area contributed by atoms with Crippen LogP contribution in [0.5, 0.6) is 0 Å². The number of carbonyl (C=O) groups excluding carboxylic acids is 1. The normalized spacial score (nSPS) is 15.3. The quantitative estimate of drug-likeness (QED) is 0.230. The first kappa shape index (κ1) is 16.0. The molecule has 0 spiro atoms. The first-order chi connectivity index (χ1) is 7.67. The van der Waals surface area contributed by atoms with Crippen molar-refractivity contribution in [3.63, 3.8) is 0 Å². The summed E-state index contributed by atoms with van der Waals surface area (Å²) < 4.78 is 15.6. The van der Waals surface area contributed by atoms with Crippen molar-refractivity contribution in [3.8, 4) is 0 Å². The number of esters is 1. The van der Waals surface area contributed by atoms with Crippen molar-refractivity contribution < 1.29 is 9.53 Å². The van der Waals surface area contributed by atoms with Gasteiger partial charge in [0.15, 0.2) is 19.0 Å². The topological polar surface area (TPSA) is 62.4 Å². The first-order valence-corrected chi connectivity index (χ1v) is 10.9. The van der Waals surface area contributed by atoms with Gasteiger partial charge in [-0.3, -0.25) is 0 Å². The summed E-state index contributed by atoms with van der Waals surface area (Å²) in [4.78, 5) is 11.1. The van der Waals surface area contributed by atoms with Gasteiger partial charge in [0, 0.05) is 12.1 Å². The smallest absolute Gasteiger partial charge is 0.330 e. The van der Waals surface area contributed by atoms with E-state index in [2.05, 4.69) is 20.5 Å². The average Bonchev–Trinajstić information content (AvgIpc) is 2.32. The maximum atomic E-state index is 11.1. The van der Waals surface area contributed by atoms with Gasteiger partial charge in [-0.1, -0.05) is 13.5 Å². The Balaban J connectivity index is 4.05. The summed E-state index contributed by atoms with van der Waals surface area (Å²) in [6.45, 7) is 5.45. The molecule has 2 unspecified atom stereocenters. The van der Waals surface area contributed by atoms with Crippen LogP contribution < -0.4 is 13.9 Å². The van der Waals surface area contributed by atoms with Gasteiger partial charge in [-0.25, -0.2) is 4.79 Å². The molecule has 0 saturated heterocycles. The second kappa shape index (κ2) is 10.1. The van der Waals surface area contributed by atoms with Gasteiger partial charge < -0.3 is 18.7 Å². The first-order valence-electron chi connectivity index (χ1n) is 5.56. The number of hydrogen-bond acceptors (Lipinski definition) is 5. The standard InChI is InChI=1S/C7H23N3O2Si4/c1-3-6(12-7(11)4-2)5-16(9-14)10-15-8-13/h4,6,8-10,16H,2-3,5,15H2,1,13-14H3. The molecule has 0 saturated carbocycles. The van der Waals surface area contributed by atoms with Gasteiger partial charge in [0.25, 0.3) is 0 Å². The van der Waals surface area contributed by atoms with Gasteiger partial charge in [-0.2, -0.15) is 0 Å². The molecule has 9 heteroatoms. The third kappa shape index (κ3) is 7.27. The minimum atomic E-state index is -1.10. The Morgan fingerprint density at radius 3 is 2.81 bits per heavy atom. The van der Waals surface area contributed by atoms with Crippen molar-refractivity contribution >= 4 is 45.7 Å². The van der Waals surface area contributed by atoms with Gasteiger partial charge in [0.2, 0.25) is 0 Å². The lowest BCUT2D eigenvalue weighted by molar-refractivity contribution is -0.142. The van der Waals surface area contributed by atoms with Crippen LogP contribution in [0.15, 0.2) is 12.7 Å². The Bertz CT molecular complexity index is 220. The summed E-state index contributed by atoms with van der Waals surface area (Å²) in [7, 11) is 0.641. The molecule has 0 amide bonds. The van der Waals surface area contributed by atoms with E-state index in [1.807, 2.05) is 6.92 Å². The fraction of sp³-hybridized carbons (Fsp3) is 0.571. The highest BCUT2D eigenvalue weighted by molar-refractivity contribution is 6.67. The van der Waals surface area contributed by atoms with Gasteiger partial charge >= 0.3 is 5.97 Å². The molecule has 0 rings (SSSR count). The number of rotatable bonds is 9. The Morgan fingerprint density at radius 1 is 1.69 bits per heavy atom.